The van der Waals surface area contributed by atoms with E-state index in [9.17, 15) is 0 Å². The lowest BCUT2D eigenvalue weighted by molar-refractivity contribution is 0.426. The van der Waals surface area contributed by atoms with Gasteiger partial charge in [-0.3, -0.25) is 0 Å². The number of anilines is 1. The van der Waals surface area contributed by atoms with Crippen LogP contribution in [-0.2, 0) is 6.42 Å². The Labute approximate surface area is 85.7 Å². The number of thiophene rings is 1. The first-order chi connectivity index (χ1) is 6.70. The summed E-state index contributed by atoms with van der Waals surface area (Å²) >= 11 is 1.57. The van der Waals surface area contributed by atoms with Crippen LogP contribution in [-0.4, -0.2) is 10.1 Å². The van der Waals surface area contributed by atoms with E-state index in [2.05, 4.69) is 17.1 Å². The van der Waals surface area contributed by atoms with Crippen molar-refractivity contribution in [3.8, 4) is 11.5 Å². The molecular weight excluding hydrogens is 198 g/mol. The van der Waals surface area contributed by atoms with Crippen LogP contribution in [0.5, 0.6) is 0 Å². The molecule has 0 spiro atoms. The molecule has 0 atom stereocenters. The van der Waals surface area contributed by atoms with Crippen molar-refractivity contribution in [1.29, 1.82) is 0 Å². The van der Waals surface area contributed by atoms with Gasteiger partial charge in [0.2, 0.25) is 0 Å². The number of nitrogens with zero attached hydrogens (tertiary/aromatic N) is 2. The summed E-state index contributed by atoms with van der Waals surface area (Å²) in [6.45, 7) is 3.88. The zero-order valence-corrected chi connectivity index (χ0v) is 8.89. The molecule has 5 heteroatoms. The molecule has 2 heterocycles. The van der Waals surface area contributed by atoms with Gasteiger partial charge in [0.25, 0.3) is 5.89 Å². The summed E-state index contributed by atoms with van der Waals surface area (Å²) in [6.07, 6.45) is 0.974. The summed E-state index contributed by atoms with van der Waals surface area (Å²) in [4.78, 5) is 5.37. The summed E-state index contributed by atoms with van der Waals surface area (Å²) < 4.78 is 5.05. The van der Waals surface area contributed by atoms with Gasteiger partial charge in [0, 0.05) is 4.88 Å². The predicted octanol–water partition coefficient (Wildman–Crippen LogP) is 2.25. The molecule has 4 nitrogen and oxygen atoms in total. The van der Waals surface area contributed by atoms with Gasteiger partial charge in [0.05, 0.1) is 10.6 Å². The van der Waals surface area contributed by atoms with Gasteiger partial charge in [-0.25, -0.2) is 0 Å². The fourth-order valence-electron chi connectivity index (χ4n) is 1.21. The number of nitrogen functional groups attached to an aromatic ring is 1. The van der Waals surface area contributed by atoms with E-state index in [-0.39, 0.29) is 0 Å². The van der Waals surface area contributed by atoms with Crippen molar-refractivity contribution in [3.05, 3.63) is 16.8 Å². The lowest BCUT2D eigenvalue weighted by Gasteiger charge is -1.88. The number of rotatable bonds is 2. The summed E-state index contributed by atoms with van der Waals surface area (Å²) in [5.74, 6) is 1.14. The van der Waals surface area contributed by atoms with Crippen LogP contribution in [0.15, 0.2) is 10.6 Å². The number of hydrogen-bond donors (Lipinski definition) is 1. The number of hydrogen-bond acceptors (Lipinski definition) is 5. The SMILES string of the molecule is CCc1cc(-c2nc(C)no2)c(N)s1. The molecule has 14 heavy (non-hydrogen) atoms. The molecule has 2 rings (SSSR count). The van der Waals surface area contributed by atoms with E-state index < -0.39 is 0 Å². The molecule has 0 radical (unpaired) electrons. The third-order valence-electron chi connectivity index (χ3n) is 1.92. The maximum Gasteiger partial charge on any atom is 0.260 e. The molecular formula is C9H11N3OS. The van der Waals surface area contributed by atoms with Crippen LogP contribution in [0.4, 0.5) is 5.00 Å². The van der Waals surface area contributed by atoms with E-state index in [1.165, 1.54) is 4.88 Å². The van der Waals surface area contributed by atoms with E-state index in [0.717, 1.165) is 17.0 Å². The van der Waals surface area contributed by atoms with Crippen LogP contribution >= 0.6 is 11.3 Å². The number of aromatic nitrogens is 2. The first-order valence-electron chi connectivity index (χ1n) is 4.39. The highest BCUT2D eigenvalue weighted by Crippen LogP contribution is 2.32. The van der Waals surface area contributed by atoms with Gasteiger partial charge in [-0.2, -0.15) is 4.98 Å². The Balaban J connectivity index is 2.45. The Kier molecular flexibility index (Phi) is 2.25. The third kappa shape index (κ3) is 1.50. The largest absolute Gasteiger partial charge is 0.390 e. The topological polar surface area (TPSA) is 64.9 Å². The Morgan fingerprint density at radius 2 is 2.36 bits per heavy atom. The smallest absolute Gasteiger partial charge is 0.260 e. The van der Waals surface area contributed by atoms with Gasteiger partial charge in [-0.1, -0.05) is 12.1 Å². The van der Waals surface area contributed by atoms with E-state index in [1.807, 2.05) is 6.07 Å². The van der Waals surface area contributed by atoms with Crippen LogP contribution in [0.3, 0.4) is 0 Å². The minimum Gasteiger partial charge on any atom is -0.390 e. The highest BCUT2D eigenvalue weighted by Gasteiger charge is 2.13. The van der Waals surface area contributed by atoms with Crippen molar-refractivity contribution in [3.63, 3.8) is 0 Å². The van der Waals surface area contributed by atoms with Gasteiger partial charge in [0.1, 0.15) is 0 Å². The minimum absolute atomic E-state index is 0.510. The molecule has 0 saturated heterocycles. The van der Waals surface area contributed by atoms with E-state index in [4.69, 9.17) is 10.3 Å². The molecule has 0 aliphatic rings. The second-order valence-electron chi connectivity index (χ2n) is 2.99. The molecule has 0 aliphatic heterocycles. The molecule has 0 fully saturated rings. The quantitative estimate of drug-likeness (QED) is 0.823. The third-order valence-corrected chi connectivity index (χ3v) is 3.03. The van der Waals surface area contributed by atoms with E-state index >= 15 is 0 Å². The van der Waals surface area contributed by atoms with Crippen molar-refractivity contribution >= 4 is 16.3 Å². The van der Waals surface area contributed by atoms with Crippen molar-refractivity contribution in [2.24, 2.45) is 0 Å². The van der Waals surface area contributed by atoms with Crippen LogP contribution < -0.4 is 5.73 Å². The van der Waals surface area contributed by atoms with Crippen LogP contribution in [0.2, 0.25) is 0 Å². The summed E-state index contributed by atoms with van der Waals surface area (Å²) in [6, 6.07) is 2.01. The lowest BCUT2D eigenvalue weighted by Crippen LogP contribution is -1.83. The van der Waals surface area contributed by atoms with Gasteiger partial charge in [-0.15, -0.1) is 11.3 Å². The Morgan fingerprint density at radius 3 is 2.86 bits per heavy atom. The standard InChI is InChI=1S/C9H11N3OS/c1-3-6-4-7(8(10)14-6)9-11-5(2)12-13-9/h4H,3,10H2,1-2H3. The Morgan fingerprint density at radius 1 is 1.57 bits per heavy atom. The number of nitrogens with two attached hydrogens (primary N) is 1. The second kappa shape index (κ2) is 3.42. The molecule has 2 N–H and O–H groups in total. The van der Waals surface area contributed by atoms with E-state index in [0.29, 0.717) is 11.7 Å². The highest BCUT2D eigenvalue weighted by atomic mass is 32.1. The zero-order chi connectivity index (χ0) is 10.1. The van der Waals surface area contributed by atoms with Gasteiger partial charge in [-0.05, 0) is 19.4 Å². The van der Waals surface area contributed by atoms with Gasteiger partial charge >= 0.3 is 0 Å². The molecule has 0 bridgehead atoms. The second-order valence-corrected chi connectivity index (χ2v) is 4.16. The maximum atomic E-state index is 5.85. The normalized spacial score (nSPS) is 10.7. The average Bonchev–Trinajstić information content (AvgIpc) is 2.71. The molecule has 2 aromatic heterocycles. The molecule has 74 valence electrons. The number of aryl methyl sites for hydroxylation is 2. The molecule has 2 aromatic rings. The first-order valence-corrected chi connectivity index (χ1v) is 5.21. The molecule has 0 saturated carbocycles. The molecule has 0 aliphatic carbocycles. The van der Waals surface area contributed by atoms with Crippen molar-refractivity contribution < 1.29 is 4.52 Å². The lowest BCUT2D eigenvalue weighted by atomic mass is 10.2. The molecule has 0 amide bonds. The predicted molar refractivity (Wildman–Crippen MR) is 56.1 cm³/mol. The average molecular weight is 209 g/mol. The molecule has 0 unspecified atom stereocenters. The molecule has 0 aromatic carbocycles. The fraction of sp³-hybridized carbons (Fsp3) is 0.333. The van der Waals surface area contributed by atoms with Crippen LogP contribution in [0, 0.1) is 6.92 Å². The first kappa shape index (κ1) is 9.21. The summed E-state index contributed by atoms with van der Waals surface area (Å²) in [5.41, 5.74) is 6.70. The van der Waals surface area contributed by atoms with Crippen molar-refractivity contribution in [2.75, 3.05) is 5.73 Å². The zero-order valence-electron chi connectivity index (χ0n) is 8.07. The Hall–Kier alpha value is -1.36. The summed E-state index contributed by atoms with van der Waals surface area (Å²) in [5, 5.41) is 4.47. The minimum atomic E-state index is 0.510. The Bertz CT molecular complexity index is 447. The van der Waals surface area contributed by atoms with Crippen molar-refractivity contribution in [1.82, 2.24) is 10.1 Å². The van der Waals surface area contributed by atoms with E-state index in [1.54, 1.807) is 18.3 Å². The maximum absolute atomic E-state index is 5.85. The summed E-state index contributed by atoms with van der Waals surface area (Å²) in [7, 11) is 0. The van der Waals surface area contributed by atoms with Gasteiger partial charge < -0.3 is 10.3 Å². The highest BCUT2D eigenvalue weighted by molar-refractivity contribution is 7.16. The van der Waals surface area contributed by atoms with Crippen LogP contribution in [0.25, 0.3) is 11.5 Å². The van der Waals surface area contributed by atoms with Crippen LogP contribution in [0.1, 0.15) is 17.6 Å². The monoisotopic (exact) mass is 209 g/mol. The van der Waals surface area contributed by atoms with Gasteiger partial charge in [0.15, 0.2) is 5.82 Å². The fourth-order valence-corrected chi connectivity index (χ4v) is 2.07. The van der Waals surface area contributed by atoms with Crippen molar-refractivity contribution in [2.45, 2.75) is 20.3 Å².